The van der Waals surface area contributed by atoms with Gasteiger partial charge in [0, 0.05) is 24.4 Å². The van der Waals surface area contributed by atoms with Crippen LogP contribution in [0.25, 0.3) is 0 Å². The van der Waals surface area contributed by atoms with Crippen molar-refractivity contribution in [3.63, 3.8) is 0 Å². The van der Waals surface area contributed by atoms with Crippen LogP contribution in [0.5, 0.6) is 0 Å². The minimum absolute atomic E-state index is 0.0739. The molecule has 1 aromatic rings. The summed E-state index contributed by atoms with van der Waals surface area (Å²) in [7, 11) is 0. The molecule has 1 fully saturated rings. The predicted molar refractivity (Wildman–Crippen MR) is 83.5 cm³/mol. The topological polar surface area (TPSA) is 75.4 Å². The smallest absolute Gasteiger partial charge is 0.271 e. The van der Waals surface area contributed by atoms with E-state index in [9.17, 15) is 15.2 Å². The standard InChI is InChI=1S/C16H24N2O3/c1-3-13-6-8-16(19,9-7-13)11-17-15-10-14(18(20)21)5-4-12(15)2/h4-5,10,13,17,19H,3,6-9,11H2,1-2H3. The van der Waals surface area contributed by atoms with E-state index in [1.165, 1.54) is 18.6 Å². The van der Waals surface area contributed by atoms with Crippen LogP contribution >= 0.6 is 0 Å². The number of rotatable bonds is 5. The van der Waals surface area contributed by atoms with E-state index >= 15 is 0 Å². The fraction of sp³-hybridized carbons (Fsp3) is 0.625. The number of hydrogen-bond donors (Lipinski definition) is 2. The highest BCUT2D eigenvalue weighted by Crippen LogP contribution is 2.34. The second-order valence-corrected chi connectivity index (χ2v) is 6.19. The van der Waals surface area contributed by atoms with Gasteiger partial charge < -0.3 is 10.4 Å². The zero-order chi connectivity index (χ0) is 15.5. The second kappa shape index (κ2) is 6.43. The number of aliphatic hydroxyl groups is 1. The first-order valence-corrected chi connectivity index (χ1v) is 7.65. The summed E-state index contributed by atoms with van der Waals surface area (Å²) in [5, 5.41) is 24.6. The Balaban J connectivity index is 1.99. The van der Waals surface area contributed by atoms with E-state index in [0.717, 1.165) is 42.9 Å². The minimum Gasteiger partial charge on any atom is -0.388 e. The van der Waals surface area contributed by atoms with Gasteiger partial charge in [0.1, 0.15) is 0 Å². The number of benzene rings is 1. The van der Waals surface area contributed by atoms with Gasteiger partial charge in [-0.15, -0.1) is 0 Å². The Kier molecular flexibility index (Phi) is 4.83. The molecule has 5 nitrogen and oxygen atoms in total. The van der Waals surface area contributed by atoms with Crippen molar-refractivity contribution in [2.45, 2.75) is 51.6 Å². The van der Waals surface area contributed by atoms with Crippen molar-refractivity contribution in [2.75, 3.05) is 11.9 Å². The Morgan fingerprint density at radius 3 is 2.67 bits per heavy atom. The van der Waals surface area contributed by atoms with Crippen molar-refractivity contribution in [3.05, 3.63) is 33.9 Å². The third-order valence-electron chi connectivity index (χ3n) is 4.65. The molecule has 0 spiro atoms. The SMILES string of the molecule is CCC1CCC(O)(CNc2cc([N+](=O)[O-])ccc2C)CC1. The monoisotopic (exact) mass is 292 g/mol. The number of hydrogen-bond acceptors (Lipinski definition) is 4. The van der Waals surface area contributed by atoms with E-state index < -0.39 is 10.5 Å². The normalized spacial score (nSPS) is 25.6. The highest BCUT2D eigenvalue weighted by Gasteiger charge is 2.32. The van der Waals surface area contributed by atoms with Gasteiger partial charge in [-0.1, -0.05) is 19.4 Å². The molecule has 5 heteroatoms. The first-order valence-electron chi connectivity index (χ1n) is 7.65. The first-order chi connectivity index (χ1) is 9.93. The van der Waals surface area contributed by atoms with Gasteiger partial charge in [0.25, 0.3) is 5.69 Å². The molecule has 0 atom stereocenters. The number of nitrogens with zero attached hydrogens (tertiary/aromatic N) is 1. The van der Waals surface area contributed by atoms with Crippen LogP contribution in [0.4, 0.5) is 11.4 Å². The Labute approximate surface area is 125 Å². The highest BCUT2D eigenvalue weighted by atomic mass is 16.6. The van der Waals surface area contributed by atoms with Crippen LogP contribution in [0.3, 0.4) is 0 Å². The molecule has 0 aliphatic heterocycles. The van der Waals surface area contributed by atoms with E-state index in [1.54, 1.807) is 6.07 Å². The maximum atomic E-state index is 10.8. The molecule has 0 aromatic heterocycles. The lowest BCUT2D eigenvalue weighted by Gasteiger charge is -2.36. The number of nitrogens with one attached hydrogen (secondary N) is 1. The average Bonchev–Trinajstić information content (AvgIpc) is 2.47. The Morgan fingerprint density at radius 2 is 2.10 bits per heavy atom. The molecule has 0 radical (unpaired) electrons. The van der Waals surface area contributed by atoms with Gasteiger partial charge in [0.15, 0.2) is 0 Å². The third kappa shape index (κ3) is 3.94. The molecular weight excluding hydrogens is 268 g/mol. The number of aryl methyl sites for hydroxylation is 1. The lowest BCUT2D eigenvalue weighted by Crippen LogP contribution is -2.40. The van der Waals surface area contributed by atoms with Gasteiger partial charge >= 0.3 is 0 Å². The van der Waals surface area contributed by atoms with E-state index in [-0.39, 0.29) is 5.69 Å². The van der Waals surface area contributed by atoms with E-state index in [4.69, 9.17) is 0 Å². The predicted octanol–water partition coefficient (Wildman–Crippen LogP) is 3.65. The first kappa shape index (κ1) is 15.8. The number of nitro groups is 1. The molecule has 0 saturated heterocycles. The lowest BCUT2D eigenvalue weighted by molar-refractivity contribution is -0.384. The lowest BCUT2D eigenvalue weighted by atomic mass is 9.78. The van der Waals surface area contributed by atoms with Crippen molar-refractivity contribution >= 4 is 11.4 Å². The fourth-order valence-electron chi connectivity index (χ4n) is 2.97. The summed E-state index contributed by atoms with van der Waals surface area (Å²) in [6, 6.07) is 4.77. The number of non-ortho nitro benzene ring substituents is 1. The van der Waals surface area contributed by atoms with Crippen LogP contribution in [0, 0.1) is 23.0 Å². The molecule has 0 unspecified atom stereocenters. The van der Waals surface area contributed by atoms with Crippen LogP contribution in [0.15, 0.2) is 18.2 Å². The third-order valence-corrected chi connectivity index (χ3v) is 4.65. The quantitative estimate of drug-likeness (QED) is 0.641. The molecule has 116 valence electrons. The van der Waals surface area contributed by atoms with E-state index in [1.807, 2.05) is 6.92 Å². The van der Waals surface area contributed by atoms with Crippen molar-refractivity contribution < 1.29 is 10.0 Å². The van der Waals surface area contributed by atoms with Crippen molar-refractivity contribution in [1.82, 2.24) is 0 Å². The Morgan fingerprint density at radius 1 is 1.43 bits per heavy atom. The van der Waals surface area contributed by atoms with Gasteiger partial charge in [-0.05, 0) is 44.1 Å². The average molecular weight is 292 g/mol. The Hall–Kier alpha value is -1.62. The molecule has 21 heavy (non-hydrogen) atoms. The highest BCUT2D eigenvalue weighted by molar-refractivity contribution is 5.56. The molecule has 0 amide bonds. The summed E-state index contributed by atoms with van der Waals surface area (Å²) in [5.41, 5.74) is 1.06. The molecule has 2 N–H and O–H groups in total. The molecular formula is C16H24N2O3. The van der Waals surface area contributed by atoms with Crippen LogP contribution < -0.4 is 5.32 Å². The maximum absolute atomic E-state index is 10.8. The van der Waals surface area contributed by atoms with Crippen molar-refractivity contribution in [3.8, 4) is 0 Å². The van der Waals surface area contributed by atoms with Crippen molar-refractivity contribution in [1.29, 1.82) is 0 Å². The molecule has 0 heterocycles. The minimum atomic E-state index is -0.692. The second-order valence-electron chi connectivity index (χ2n) is 6.19. The number of anilines is 1. The van der Waals surface area contributed by atoms with Gasteiger partial charge in [0.05, 0.1) is 10.5 Å². The van der Waals surface area contributed by atoms with Crippen LogP contribution in [0.1, 0.15) is 44.6 Å². The van der Waals surface area contributed by atoms with Gasteiger partial charge in [-0.3, -0.25) is 10.1 Å². The van der Waals surface area contributed by atoms with E-state index in [2.05, 4.69) is 12.2 Å². The van der Waals surface area contributed by atoms with Crippen LogP contribution in [0.2, 0.25) is 0 Å². The summed E-state index contributed by atoms with van der Waals surface area (Å²) in [5.74, 6) is 0.727. The van der Waals surface area contributed by atoms with E-state index in [0.29, 0.717) is 6.54 Å². The summed E-state index contributed by atoms with van der Waals surface area (Å²) >= 11 is 0. The summed E-state index contributed by atoms with van der Waals surface area (Å²) in [4.78, 5) is 10.4. The maximum Gasteiger partial charge on any atom is 0.271 e. The van der Waals surface area contributed by atoms with Crippen molar-refractivity contribution in [2.24, 2.45) is 5.92 Å². The largest absolute Gasteiger partial charge is 0.388 e. The molecule has 1 aromatic carbocycles. The zero-order valence-electron chi connectivity index (χ0n) is 12.8. The molecule has 1 aliphatic carbocycles. The number of nitro benzene ring substituents is 1. The van der Waals surface area contributed by atoms with Gasteiger partial charge in [-0.25, -0.2) is 0 Å². The van der Waals surface area contributed by atoms with Gasteiger partial charge in [-0.2, -0.15) is 0 Å². The summed E-state index contributed by atoms with van der Waals surface area (Å²) in [6.07, 6.45) is 4.89. The fourth-order valence-corrected chi connectivity index (χ4v) is 2.97. The van der Waals surface area contributed by atoms with Crippen LogP contribution in [-0.2, 0) is 0 Å². The Bertz CT molecular complexity index is 508. The summed E-state index contributed by atoms with van der Waals surface area (Å²) < 4.78 is 0. The zero-order valence-corrected chi connectivity index (χ0v) is 12.8. The van der Waals surface area contributed by atoms with Crippen LogP contribution in [-0.4, -0.2) is 22.2 Å². The van der Waals surface area contributed by atoms with Gasteiger partial charge in [0.2, 0.25) is 0 Å². The molecule has 2 rings (SSSR count). The summed E-state index contributed by atoms with van der Waals surface area (Å²) in [6.45, 7) is 4.55. The molecule has 1 aliphatic rings. The molecule has 0 bridgehead atoms. The molecule has 1 saturated carbocycles.